The van der Waals surface area contributed by atoms with Gasteiger partial charge in [0.15, 0.2) is 5.76 Å². The molecule has 2 aromatic carbocycles. The van der Waals surface area contributed by atoms with Gasteiger partial charge in [0.1, 0.15) is 0 Å². The van der Waals surface area contributed by atoms with Crippen LogP contribution in [0.3, 0.4) is 0 Å². The fourth-order valence-electron chi connectivity index (χ4n) is 2.99. The molecule has 0 aromatic heterocycles. The molecule has 0 saturated carbocycles. The number of hydrogen-bond donors (Lipinski definition) is 0. The summed E-state index contributed by atoms with van der Waals surface area (Å²) < 4.78 is 5.34. The van der Waals surface area contributed by atoms with Crippen molar-refractivity contribution in [3.63, 3.8) is 0 Å². The second-order valence-corrected chi connectivity index (χ2v) is 5.47. The highest BCUT2D eigenvalue weighted by Crippen LogP contribution is 2.40. The maximum absolute atomic E-state index is 12.2. The summed E-state index contributed by atoms with van der Waals surface area (Å²) in [5.74, 6) is 0.345. The number of hydrogen-bond acceptors (Lipinski definition) is 2. The molecule has 0 bridgehead atoms. The summed E-state index contributed by atoms with van der Waals surface area (Å²) in [6, 6.07) is 20.4. The van der Waals surface area contributed by atoms with Crippen LogP contribution in [0.25, 0.3) is 0 Å². The van der Waals surface area contributed by atoms with Crippen molar-refractivity contribution in [1.82, 2.24) is 0 Å². The molecule has 110 valence electrons. The molecule has 0 N–H and O–H groups in total. The van der Waals surface area contributed by atoms with Crippen molar-refractivity contribution in [2.24, 2.45) is 0 Å². The molecule has 0 amide bonds. The molecule has 0 aliphatic heterocycles. The van der Waals surface area contributed by atoms with Crippen LogP contribution < -0.4 is 0 Å². The number of benzene rings is 2. The second-order valence-electron chi connectivity index (χ2n) is 5.47. The Morgan fingerprint density at radius 3 is 1.77 bits per heavy atom. The Bertz CT molecular complexity index is 700. The van der Waals surface area contributed by atoms with Crippen LogP contribution in [0, 0.1) is 0 Å². The minimum absolute atomic E-state index is 0.0509. The first kappa shape index (κ1) is 14.3. The van der Waals surface area contributed by atoms with E-state index in [-0.39, 0.29) is 5.78 Å². The monoisotopic (exact) mass is 290 g/mol. The summed E-state index contributed by atoms with van der Waals surface area (Å²) in [5.41, 5.74) is 2.45. The van der Waals surface area contributed by atoms with E-state index in [4.69, 9.17) is 4.74 Å². The van der Waals surface area contributed by atoms with Crippen molar-refractivity contribution < 1.29 is 9.53 Å². The zero-order valence-corrected chi connectivity index (χ0v) is 12.7. The summed E-state index contributed by atoms with van der Waals surface area (Å²) in [6.07, 6.45) is 3.95. The normalized spacial score (nSPS) is 16.7. The highest BCUT2D eigenvalue weighted by Gasteiger charge is 2.36. The third kappa shape index (κ3) is 2.27. The van der Waals surface area contributed by atoms with Gasteiger partial charge >= 0.3 is 0 Å². The summed E-state index contributed by atoms with van der Waals surface area (Å²) in [5, 5.41) is 0. The number of carbonyl (C=O) groups is 1. The molecule has 1 aliphatic rings. The fraction of sp³-hybridized carbons (Fsp3) is 0.150. The zero-order valence-electron chi connectivity index (χ0n) is 12.7. The summed E-state index contributed by atoms with van der Waals surface area (Å²) in [7, 11) is 1.54. The zero-order chi connectivity index (χ0) is 15.6. The topological polar surface area (TPSA) is 26.3 Å². The summed E-state index contributed by atoms with van der Waals surface area (Å²) in [6.45, 7) is 1.84. The molecule has 2 nitrogen and oxygen atoms in total. The van der Waals surface area contributed by atoms with Crippen molar-refractivity contribution in [2.45, 2.75) is 12.3 Å². The van der Waals surface area contributed by atoms with Crippen LogP contribution in [0.15, 0.2) is 84.1 Å². The number of methoxy groups -OCH3 is 1. The molecule has 22 heavy (non-hydrogen) atoms. The predicted molar refractivity (Wildman–Crippen MR) is 87.5 cm³/mol. The van der Waals surface area contributed by atoms with Gasteiger partial charge in [-0.25, -0.2) is 0 Å². The molecule has 0 atom stereocenters. The molecule has 0 spiro atoms. The first-order chi connectivity index (χ1) is 10.7. The van der Waals surface area contributed by atoms with Gasteiger partial charge in [-0.15, -0.1) is 0 Å². The van der Waals surface area contributed by atoms with Crippen molar-refractivity contribution in [3.05, 3.63) is 95.3 Å². The van der Waals surface area contributed by atoms with E-state index in [0.717, 1.165) is 11.1 Å². The lowest BCUT2D eigenvalue weighted by Gasteiger charge is -2.33. The van der Waals surface area contributed by atoms with Crippen LogP contribution in [0.5, 0.6) is 0 Å². The molecule has 3 rings (SSSR count). The Kier molecular flexibility index (Phi) is 3.68. The highest BCUT2D eigenvalue weighted by molar-refractivity contribution is 6.08. The molecule has 2 aromatic rings. The quantitative estimate of drug-likeness (QED) is 0.853. The van der Waals surface area contributed by atoms with E-state index in [0.29, 0.717) is 11.3 Å². The lowest BCUT2D eigenvalue weighted by molar-refractivity contribution is -0.115. The Hall–Kier alpha value is -2.61. The molecule has 0 unspecified atom stereocenters. The van der Waals surface area contributed by atoms with Crippen molar-refractivity contribution in [1.29, 1.82) is 0 Å². The van der Waals surface area contributed by atoms with Crippen molar-refractivity contribution in [3.8, 4) is 0 Å². The van der Waals surface area contributed by atoms with Gasteiger partial charge in [0.2, 0.25) is 5.78 Å². The van der Waals surface area contributed by atoms with Crippen molar-refractivity contribution in [2.75, 3.05) is 7.11 Å². The molecule has 0 saturated heterocycles. The maximum Gasteiger partial charge on any atom is 0.222 e. The highest BCUT2D eigenvalue weighted by atomic mass is 16.5. The summed E-state index contributed by atoms with van der Waals surface area (Å²) in [4.78, 5) is 12.2. The summed E-state index contributed by atoms with van der Waals surface area (Å²) >= 11 is 0. The van der Waals surface area contributed by atoms with Crippen molar-refractivity contribution >= 4 is 5.78 Å². The molecule has 0 fully saturated rings. The Balaban J connectivity index is 2.30. The smallest absolute Gasteiger partial charge is 0.222 e. The van der Waals surface area contributed by atoms with E-state index >= 15 is 0 Å². The van der Waals surface area contributed by atoms with Crippen LogP contribution in [0.2, 0.25) is 0 Å². The average Bonchev–Trinajstić information content (AvgIpc) is 2.59. The molecule has 0 radical (unpaired) electrons. The molecule has 0 heterocycles. The SMILES string of the molecule is COC1=CC(c2ccccc2)(c2ccccc2)C=C(C)C1=O. The van der Waals surface area contributed by atoms with Gasteiger partial charge in [-0.3, -0.25) is 4.79 Å². The van der Waals surface area contributed by atoms with Crippen LogP contribution in [0.1, 0.15) is 18.1 Å². The first-order valence-electron chi connectivity index (χ1n) is 7.29. The number of allylic oxidation sites excluding steroid dienone is 3. The van der Waals surface area contributed by atoms with Gasteiger partial charge in [0, 0.05) is 0 Å². The van der Waals surface area contributed by atoms with Crippen LogP contribution in [-0.2, 0) is 14.9 Å². The van der Waals surface area contributed by atoms with E-state index in [1.54, 1.807) is 7.11 Å². The minimum atomic E-state index is -0.480. The average molecular weight is 290 g/mol. The van der Waals surface area contributed by atoms with Gasteiger partial charge < -0.3 is 4.74 Å². The molecular weight excluding hydrogens is 272 g/mol. The van der Waals surface area contributed by atoms with Gasteiger partial charge in [0.05, 0.1) is 12.5 Å². The lowest BCUT2D eigenvalue weighted by Crippen LogP contribution is -2.29. The third-order valence-electron chi connectivity index (χ3n) is 4.11. The Morgan fingerprint density at radius 1 is 0.818 bits per heavy atom. The van der Waals surface area contributed by atoms with Gasteiger partial charge in [-0.2, -0.15) is 0 Å². The van der Waals surface area contributed by atoms with E-state index in [1.807, 2.05) is 55.5 Å². The number of ether oxygens (including phenoxy) is 1. The standard InChI is InChI=1S/C20H18O2/c1-15-13-20(14-18(22-2)19(15)21,16-9-5-3-6-10-16)17-11-7-4-8-12-17/h3-14H,1-2H3. The van der Waals surface area contributed by atoms with E-state index in [2.05, 4.69) is 24.3 Å². The maximum atomic E-state index is 12.2. The molecule has 1 aliphatic carbocycles. The van der Waals surface area contributed by atoms with E-state index in [9.17, 15) is 4.79 Å². The number of ketones is 1. The number of Topliss-reactive ketones (excluding diaryl/α,β-unsaturated/α-hetero) is 1. The van der Waals surface area contributed by atoms with Gasteiger partial charge in [-0.05, 0) is 29.7 Å². The first-order valence-corrected chi connectivity index (χ1v) is 7.29. The molecule has 2 heteroatoms. The van der Waals surface area contributed by atoms with E-state index < -0.39 is 5.41 Å². The third-order valence-corrected chi connectivity index (χ3v) is 4.11. The molecular formula is C20H18O2. The number of carbonyl (C=O) groups excluding carboxylic acids is 1. The van der Waals surface area contributed by atoms with Crippen LogP contribution in [0.4, 0.5) is 0 Å². The Labute approximate surface area is 130 Å². The van der Waals surface area contributed by atoms with Crippen LogP contribution in [-0.4, -0.2) is 12.9 Å². The fourth-order valence-corrected chi connectivity index (χ4v) is 2.99. The van der Waals surface area contributed by atoms with Gasteiger partial charge in [0.25, 0.3) is 0 Å². The van der Waals surface area contributed by atoms with Crippen LogP contribution >= 0.6 is 0 Å². The predicted octanol–water partition coefficient (Wildman–Crippen LogP) is 4.03. The second kappa shape index (κ2) is 5.64. The largest absolute Gasteiger partial charge is 0.493 e. The van der Waals surface area contributed by atoms with Gasteiger partial charge in [-0.1, -0.05) is 66.7 Å². The minimum Gasteiger partial charge on any atom is -0.493 e. The lowest BCUT2D eigenvalue weighted by atomic mass is 9.70. The number of rotatable bonds is 3. The Morgan fingerprint density at radius 2 is 1.32 bits per heavy atom. The van der Waals surface area contributed by atoms with E-state index in [1.165, 1.54) is 0 Å².